The minimum Gasteiger partial charge on any atom is -0.468 e. The molecule has 5 heteroatoms. The molecule has 0 aliphatic carbocycles. The molecule has 0 radical (unpaired) electrons. The lowest BCUT2D eigenvalue weighted by atomic mass is 10.1. The average Bonchev–Trinajstić information content (AvgIpc) is 2.66. The molecule has 0 aliphatic heterocycles. The molecule has 0 aromatic heterocycles. The van der Waals surface area contributed by atoms with Crippen LogP contribution in [0.15, 0.2) is 0 Å². The van der Waals surface area contributed by atoms with E-state index in [1.54, 1.807) is 7.11 Å². The molecule has 0 spiro atoms. The fourth-order valence-corrected chi connectivity index (χ4v) is 2.33. The highest BCUT2D eigenvalue weighted by Crippen LogP contribution is 2.06. The van der Waals surface area contributed by atoms with Crippen LogP contribution in [0.4, 0.5) is 0 Å². The van der Waals surface area contributed by atoms with Crippen molar-refractivity contribution in [2.24, 2.45) is 0 Å². The number of aliphatic hydroxyl groups excluding tert-OH is 1. The summed E-state index contributed by atoms with van der Waals surface area (Å²) in [6.07, 6.45) is 18.4. The summed E-state index contributed by atoms with van der Waals surface area (Å²) in [7, 11) is 1.75. The molecule has 156 valence electrons. The highest BCUT2D eigenvalue weighted by atomic mass is 16.5. The first kappa shape index (κ1) is 29.7. The van der Waals surface area contributed by atoms with Crippen molar-refractivity contribution in [2.45, 2.75) is 71.6 Å². The summed E-state index contributed by atoms with van der Waals surface area (Å²) in [6, 6.07) is 0. The maximum atomic E-state index is 10.00. The van der Waals surface area contributed by atoms with E-state index < -0.39 is 0 Å². The predicted octanol–water partition coefficient (Wildman–Crippen LogP) is 3.89. The van der Waals surface area contributed by atoms with E-state index in [1.807, 2.05) is 0 Å². The van der Waals surface area contributed by atoms with Crippen LogP contribution in [0.5, 0.6) is 0 Å². The van der Waals surface area contributed by atoms with Crippen LogP contribution in [0.2, 0.25) is 0 Å². The zero-order chi connectivity index (χ0) is 20.3. The van der Waals surface area contributed by atoms with Gasteiger partial charge in [0.15, 0.2) is 0 Å². The smallest absolute Gasteiger partial charge is 0.293 e. The minimum absolute atomic E-state index is 0.224. The van der Waals surface area contributed by atoms with Crippen molar-refractivity contribution in [3.05, 3.63) is 0 Å². The van der Waals surface area contributed by atoms with Gasteiger partial charge >= 0.3 is 0 Å². The van der Waals surface area contributed by atoms with Gasteiger partial charge in [-0.05, 0) is 45.2 Å². The van der Waals surface area contributed by atoms with E-state index in [0.29, 0.717) is 13.1 Å². The van der Waals surface area contributed by atoms with Crippen LogP contribution in [0.25, 0.3) is 0 Å². The monoisotopic (exact) mass is 373 g/mol. The Morgan fingerprint density at radius 1 is 0.846 bits per heavy atom. The van der Waals surface area contributed by atoms with Crippen LogP contribution in [0.3, 0.4) is 0 Å². The van der Waals surface area contributed by atoms with Gasteiger partial charge in [-0.2, -0.15) is 0 Å². The number of carbonyl (C=O) groups is 1. The molecule has 0 saturated heterocycles. The van der Waals surface area contributed by atoms with E-state index in [0.717, 1.165) is 51.9 Å². The molecule has 1 N–H and O–H groups in total. The van der Waals surface area contributed by atoms with Crippen molar-refractivity contribution in [3.63, 3.8) is 0 Å². The van der Waals surface area contributed by atoms with Crippen LogP contribution < -0.4 is 0 Å². The number of ether oxygens (including phenoxy) is 2. The zero-order valence-corrected chi connectivity index (χ0v) is 17.5. The fraction of sp³-hybridized carbons (Fsp3) is 0.857. The van der Waals surface area contributed by atoms with Gasteiger partial charge in [0.2, 0.25) is 0 Å². The molecule has 0 atom stereocenters. The number of nitrogens with zero attached hydrogens (tertiary/aromatic N) is 1. The van der Waals surface area contributed by atoms with Crippen LogP contribution >= 0.6 is 0 Å². The van der Waals surface area contributed by atoms with Gasteiger partial charge in [-0.25, -0.2) is 0 Å². The third kappa shape index (κ3) is 30.8. The number of aliphatic hydroxyl groups is 1. The van der Waals surface area contributed by atoms with E-state index in [9.17, 15) is 4.79 Å². The van der Waals surface area contributed by atoms with Crippen molar-refractivity contribution in [1.82, 2.24) is 4.90 Å². The van der Waals surface area contributed by atoms with Gasteiger partial charge in [0, 0.05) is 20.3 Å². The highest BCUT2D eigenvalue weighted by Gasteiger charge is 2.03. The van der Waals surface area contributed by atoms with Crippen molar-refractivity contribution in [1.29, 1.82) is 0 Å². The van der Waals surface area contributed by atoms with Crippen molar-refractivity contribution >= 4 is 6.47 Å². The molecular weight excluding hydrogens is 330 g/mol. The Morgan fingerprint density at radius 3 is 1.81 bits per heavy atom. The quantitative estimate of drug-likeness (QED) is 0.238. The number of hydrogen-bond acceptors (Lipinski definition) is 5. The van der Waals surface area contributed by atoms with Crippen molar-refractivity contribution < 1.29 is 19.4 Å². The lowest BCUT2D eigenvalue weighted by Crippen LogP contribution is -2.29. The number of terminal acetylenes is 1. The Bertz CT molecular complexity index is 260. The van der Waals surface area contributed by atoms with Gasteiger partial charge in [0.25, 0.3) is 6.47 Å². The maximum absolute atomic E-state index is 10.00. The molecular formula is C21H43NO4. The standard InChI is InChI=1S/C16H33NO4.C3H8.C2H2/c1-20-14-8-4-2-3-6-10-17(12-13-18)11-7-5-9-15-21-16-19;1-3-2;1-2/h16,18H,2-15H2,1H3;3H2,1-2H3;1-2H. The second-order valence-corrected chi connectivity index (χ2v) is 6.06. The molecule has 26 heavy (non-hydrogen) atoms. The fourth-order valence-electron chi connectivity index (χ4n) is 2.33. The molecule has 0 fully saturated rings. The summed E-state index contributed by atoms with van der Waals surface area (Å²) in [4.78, 5) is 12.3. The van der Waals surface area contributed by atoms with Gasteiger partial charge in [0.05, 0.1) is 13.2 Å². The summed E-state index contributed by atoms with van der Waals surface area (Å²) in [5.74, 6) is 0. The molecule has 0 unspecified atom stereocenters. The normalized spacial score (nSPS) is 9.65. The minimum atomic E-state index is 0.224. The molecule has 0 amide bonds. The Hall–Kier alpha value is -1.09. The number of unbranched alkanes of at least 4 members (excludes halogenated alkanes) is 6. The van der Waals surface area contributed by atoms with Crippen LogP contribution in [-0.4, -0.2) is 63.0 Å². The van der Waals surface area contributed by atoms with Crippen molar-refractivity contribution in [2.75, 3.05) is 46.6 Å². The average molecular weight is 374 g/mol. The number of methoxy groups -OCH3 is 1. The topological polar surface area (TPSA) is 59.0 Å². The predicted molar refractivity (Wildman–Crippen MR) is 110 cm³/mol. The number of hydrogen-bond donors (Lipinski definition) is 1. The number of carbonyl (C=O) groups excluding carboxylic acids is 1. The third-order valence-electron chi connectivity index (χ3n) is 3.54. The first-order chi connectivity index (χ1) is 12.8. The summed E-state index contributed by atoms with van der Waals surface area (Å²) >= 11 is 0. The van der Waals surface area contributed by atoms with Gasteiger partial charge < -0.3 is 19.5 Å². The summed E-state index contributed by atoms with van der Waals surface area (Å²) in [5, 5.41) is 9.09. The Labute approximate surface area is 162 Å². The largest absolute Gasteiger partial charge is 0.468 e. The van der Waals surface area contributed by atoms with Crippen LogP contribution in [-0.2, 0) is 14.3 Å². The molecule has 0 bridgehead atoms. The van der Waals surface area contributed by atoms with Crippen molar-refractivity contribution in [3.8, 4) is 12.8 Å². The highest BCUT2D eigenvalue weighted by molar-refractivity contribution is 5.36. The van der Waals surface area contributed by atoms with Gasteiger partial charge in [-0.1, -0.05) is 39.5 Å². The maximum Gasteiger partial charge on any atom is 0.293 e. The molecule has 0 aromatic carbocycles. The Balaban J connectivity index is -0.000000950. The van der Waals surface area contributed by atoms with Gasteiger partial charge in [0.1, 0.15) is 0 Å². The van der Waals surface area contributed by atoms with Gasteiger partial charge in [-0.3, -0.25) is 4.79 Å². The van der Waals surface area contributed by atoms with E-state index >= 15 is 0 Å². The first-order valence-corrected chi connectivity index (χ1v) is 9.97. The summed E-state index contributed by atoms with van der Waals surface area (Å²) in [6.45, 7) is 9.21. The van der Waals surface area contributed by atoms with Crippen LogP contribution in [0.1, 0.15) is 71.6 Å². The lowest BCUT2D eigenvalue weighted by molar-refractivity contribution is -0.128. The third-order valence-corrected chi connectivity index (χ3v) is 3.54. The molecule has 0 aliphatic rings. The Kier molecular flexibility index (Phi) is 36.1. The van der Waals surface area contributed by atoms with Crippen LogP contribution in [0, 0.1) is 12.8 Å². The number of rotatable bonds is 17. The lowest BCUT2D eigenvalue weighted by Gasteiger charge is -2.21. The molecule has 0 aromatic rings. The Morgan fingerprint density at radius 2 is 1.31 bits per heavy atom. The van der Waals surface area contributed by atoms with E-state index in [4.69, 9.17) is 9.84 Å². The molecule has 5 nitrogen and oxygen atoms in total. The molecule has 0 rings (SSSR count). The molecule has 0 heterocycles. The molecule has 0 saturated carbocycles. The second kappa shape index (κ2) is 31.7. The second-order valence-electron chi connectivity index (χ2n) is 6.06. The zero-order valence-electron chi connectivity index (χ0n) is 17.5. The van der Waals surface area contributed by atoms with E-state index in [1.165, 1.54) is 32.1 Å². The van der Waals surface area contributed by atoms with E-state index in [2.05, 4.69) is 36.3 Å². The van der Waals surface area contributed by atoms with E-state index in [-0.39, 0.29) is 6.61 Å². The summed E-state index contributed by atoms with van der Waals surface area (Å²) in [5.41, 5.74) is 0. The first-order valence-electron chi connectivity index (χ1n) is 9.97. The summed E-state index contributed by atoms with van der Waals surface area (Å²) < 4.78 is 9.70. The SMILES string of the molecule is C#C.CCC.COCCCCCCCN(CCO)CCCCCOC=O. The van der Waals surface area contributed by atoms with Gasteiger partial charge in [-0.15, -0.1) is 12.8 Å².